The summed E-state index contributed by atoms with van der Waals surface area (Å²) >= 11 is 0. The maximum atomic E-state index is 14.1. The van der Waals surface area contributed by atoms with Gasteiger partial charge in [0, 0.05) is 42.6 Å². The fourth-order valence-corrected chi connectivity index (χ4v) is 9.19. The van der Waals surface area contributed by atoms with Crippen LogP contribution in [0, 0.1) is 45.8 Å². The number of aliphatic imine (C=N–C) groups is 1. The van der Waals surface area contributed by atoms with Crippen LogP contribution in [0.5, 0.6) is 0 Å². The molecule has 0 saturated heterocycles. The van der Waals surface area contributed by atoms with Crippen LogP contribution in [0.1, 0.15) is 87.0 Å². The number of esters is 1. The van der Waals surface area contributed by atoms with E-state index in [-0.39, 0.29) is 58.2 Å². The Morgan fingerprint density at radius 3 is 2.47 bits per heavy atom. The summed E-state index contributed by atoms with van der Waals surface area (Å²) in [6, 6.07) is 0.343. The molecular weight excluding hydrogens is 476 g/mol. The van der Waals surface area contributed by atoms with Crippen molar-refractivity contribution in [2.75, 3.05) is 20.7 Å². The van der Waals surface area contributed by atoms with Gasteiger partial charge >= 0.3 is 5.97 Å². The van der Waals surface area contributed by atoms with E-state index in [4.69, 9.17) is 14.5 Å². The van der Waals surface area contributed by atoms with Crippen molar-refractivity contribution >= 4 is 17.7 Å². The van der Waals surface area contributed by atoms with Gasteiger partial charge in [-0.2, -0.15) is 0 Å². The first-order valence-electron chi connectivity index (χ1n) is 14.9. The summed E-state index contributed by atoms with van der Waals surface area (Å²) in [4.78, 5) is 33.5. The topological polar surface area (TPSA) is 68.2 Å². The molecule has 0 aromatic carbocycles. The average molecular weight is 529 g/mol. The molecule has 0 spiro atoms. The molecule has 38 heavy (non-hydrogen) atoms. The number of carbonyl (C=O) groups is 2. The molecule has 3 aliphatic carbocycles. The third-order valence-corrected chi connectivity index (χ3v) is 11.7. The van der Waals surface area contributed by atoms with Gasteiger partial charge in [-0.05, 0) is 75.8 Å². The second-order valence-corrected chi connectivity index (χ2v) is 14.2. The number of rotatable bonds is 7. The molecule has 10 atom stereocenters. The van der Waals surface area contributed by atoms with E-state index < -0.39 is 0 Å². The van der Waals surface area contributed by atoms with Crippen LogP contribution in [0.15, 0.2) is 17.6 Å². The lowest BCUT2D eigenvalue weighted by Gasteiger charge is -2.59. The number of fused-ring (bicyclic) bond motifs is 3. The van der Waals surface area contributed by atoms with Gasteiger partial charge in [0.25, 0.3) is 0 Å². The van der Waals surface area contributed by atoms with Gasteiger partial charge in [0.15, 0.2) is 5.90 Å². The summed E-state index contributed by atoms with van der Waals surface area (Å²) in [5.41, 5.74) is -0.377. The molecule has 0 bridgehead atoms. The van der Waals surface area contributed by atoms with E-state index in [9.17, 15) is 9.59 Å². The van der Waals surface area contributed by atoms with Crippen LogP contribution in [-0.2, 0) is 19.1 Å². The SMILES string of the molecule is C=CC[C@@H]1N=C(C(C)C)OC[C@@]1(C)[C@@H]1CC[C@@H]2[C@@H](C1)C(=O)C[C@]1(C)[C@@H]([C@H](C)N(C)C)[C@H](OC(C)=O)C[C@@]21C. The molecular formula is C32H52N2O4. The molecule has 0 aromatic rings. The molecule has 0 unspecified atom stereocenters. The lowest BCUT2D eigenvalue weighted by molar-refractivity contribution is -0.157. The molecule has 6 heteroatoms. The average Bonchev–Trinajstić information content (AvgIpc) is 3.05. The smallest absolute Gasteiger partial charge is 0.302 e. The first-order valence-corrected chi connectivity index (χ1v) is 14.9. The van der Waals surface area contributed by atoms with Crippen LogP contribution in [0.25, 0.3) is 0 Å². The van der Waals surface area contributed by atoms with E-state index in [1.807, 2.05) is 6.08 Å². The number of ether oxygens (including phenoxy) is 2. The fourth-order valence-electron chi connectivity index (χ4n) is 9.19. The van der Waals surface area contributed by atoms with Gasteiger partial charge < -0.3 is 14.4 Å². The number of ketones is 1. The molecule has 1 aliphatic heterocycles. The Labute approximate surface area is 231 Å². The largest absolute Gasteiger partial charge is 0.480 e. The molecule has 0 N–H and O–H groups in total. The van der Waals surface area contributed by atoms with E-state index in [0.29, 0.717) is 30.6 Å². The van der Waals surface area contributed by atoms with Crippen LogP contribution in [-0.4, -0.2) is 61.4 Å². The van der Waals surface area contributed by atoms with Gasteiger partial charge in [0.2, 0.25) is 0 Å². The highest BCUT2D eigenvalue weighted by Crippen LogP contribution is 2.70. The van der Waals surface area contributed by atoms with E-state index in [1.54, 1.807) is 0 Å². The van der Waals surface area contributed by atoms with Gasteiger partial charge in [0.1, 0.15) is 11.9 Å². The Hall–Kier alpha value is -1.69. The Balaban J connectivity index is 1.65. The van der Waals surface area contributed by atoms with Crippen LogP contribution >= 0.6 is 0 Å². The summed E-state index contributed by atoms with van der Waals surface area (Å²) < 4.78 is 12.3. The maximum absolute atomic E-state index is 14.1. The summed E-state index contributed by atoms with van der Waals surface area (Å²) in [7, 11) is 4.18. The number of hydrogen-bond donors (Lipinski definition) is 0. The lowest BCUT2D eigenvalue weighted by atomic mass is 9.45. The standard InChI is InChI=1S/C32H52N2O4/c1-11-12-27-30(6,18-37-29(33-27)19(2)3)22-13-14-24-23(15-22)25(36)16-32(8)28(20(4)34(9)10)26(38-21(5)35)17-31(24,32)7/h11,19-20,22-24,26-28H,1,12-18H2,2-10H3/t20-,22+,23+,24+,26+,27-,28-,30-,31-,32+/m0/s1. The molecule has 3 saturated carbocycles. The van der Waals surface area contributed by atoms with Gasteiger partial charge in [-0.1, -0.05) is 40.7 Å². The van der Waals surface area contributed by atoms with Crippen molar-refractivity contribution in [2.45, 2.75) is 105 Å². The van der Waals surface area contributed by atoms with Gasteiger partial charge in [0.05, 0.1) is 12.6 Å². The fraction of sp³-hybridized carbons (Fsp3) is 0.844. The lowest BCUT2D eigenvalue weighted by Crippen LogP contribution is -2.58. The van der Waals surface area contributed by atoms with Crippen LogP contribution < -0.4 is 0 Å². The number of hydrogen-bond acceptors (Lipinski definition) is 6. The second-order valence-electron chi connectivity index (χ2n) is 14.2. The molecule has 3 fully saturated rings. The minimum atomic E-state index is -0.219. The molecule has 1 heterocycles. The Morgan fingerprint density at radius 1 is 1.21 bits per heavy atom. The van der Waals surface area contributed by atoms with Gasteiger partial charge in [-0.3, -0.25) is 14.6 Å². The van der Waals surface area contributed by atoms with Crippen LogP contribution in [0.2, 0.25) is 0 Å². The molecule has 0 radical (unpaired) electrons. The van der Waals surface area contributed by atoms with E-state index >= 15 is 0 Å². The molecule has 4 rings (SSSR count). The summed E-state index contributed by atoms with van der Waals surface area (Å²) in [6.45, 7) is 19.7. The summed E-state index contributed by atoms with van der Waals surface area (Å²) in [5.74, 6) is 2.17. The van der Waals surface area contributed by atoms with Gasteiger partial charge in [-0.25, -0.2) is 0 Å². The molecule has 0 aromatic heterocycles. The molecule has 4 aliphatic rings. The zero-order valence-electron chi connectivity index (χ0n) is 25.4. The van der Waals surface area contributed by atoms with E-state index in [0.717, 1.165) is 38.0 Å². The summed E-state index contributed by atoms with van der Waals surface area (Å²) in [5, 5.41) is 0. The van der Waals surface area contributed by atoms with E-state index in [2.05, 4.69) is 67.1 Å². The first kappa shape index (κ1) is 29.3. The minimum absolute atomic E-state index is 0.0508. The first-order chi connectivity index (χ1) is 17.7. The number of Topliss-reactive ketones (excluding diaryl/α,β-unsaturated/α-hetero) is 1. The summed E-state index contributed by atoms with van der Waals surface area (Å²) in [6.07, 6.45) is 7.07. The monoisotopic (exact) mass is 528 g/mol. The molecule has 0 amide bonds. The number of carbonyl (C=O) groups excluding carboxylic acids is 2. The highest BCUT2D eigenvalue weighted by atomic mass is 16.5. The van der Waals surface area contributed by atoms with Crippen molar-refractivity contribution in [1.29, 1.82) is 0 Å². The third kappa shape index (κ3) is 4.57. The maximum Gasteiger partial charge on any atom is 0.302 e. The molecule has 6 nitrogen and oxygen atoms in total. The van der Waals surface area contributed by atoms with Crippen molar-refractivity contribution in [3.63, 3.8) is 0 Å². The van der Waals surface area contributed by atoms with Crippen molar-refractivity contribution in [1.82, 2.24) is 4.90 Å². The van der Waals surface area contributed by atoms with Crippen LogP contribution in [0.3, 0.4) is 0 Å². The zero-order chi connectivity index (χ0) is 28.2. The van der Waals surface area contributed by atoms with Gasteiger partial charge in [-0.15, -0.1) is 6.58 Å². The quantitative estimate of drug-likeness (QED) is 0.302. The highest BCUT2D eigenvalue weighted by molar-refractivity contribution is 5.84. The van der Waals surface area contributed by atoms with E-state index in [1.165, 1.54) is 6.92 Å². The number of nitrogens with zero attached hydrogens (tertiary/aromatic N) is 2. The van der Waals surface area contributed by atoms with Crippen molar-refractivity contribution in [3.8, 4) is 0 Å². The molecule has 214 valence electrons. The van der Waals surface area contributed by atoms with Crippen molar-refractivity contribution in [3.05, 3.63) is 12.7 Å². The second kappa shape index (κ2) is 10.4. The van der Waals surface area contributed by atoms with Crippen LogP contribution in [0.4, 0.5) is 0 Å². The third-order valence-electron chi connectivity index (χ3n) is 11.7. The van der Waals surface area contributed by atoms with Crippen molar-refractivity contribution < 1.29 is 19.1 Å². The Morgan fingerprint density at radius 2 is 1.89 bits per heavy atom. The zero-order valence-corrected chi connectivity index (χ0v) is 25.4. The van der Waals surface area contributed by atoms with Crippen molar-refractivity contribution in [2.24, 2.45) is 50.8 Å². The Kier molecular flexibility index (Phi) is 8.00. The normalized spacial score (nSPS) is 43.7. The Bertz CT molecular complexity index is 975. The predicted molar refractivity (Wildman–Crippen MR) is 152 cm³/mol. The predicted octanol–water partition coefficient (Wildman–Crippen LogP) is 5.94. The minimum Gasteiger partial charge on any atom is -0.480 e. The highest BCUT2D eigenvalue weighted by Gasteiger charge is 2.69.